The number of aryl methyl sites for hydroxylation is 1. The first-order valence-corrected chi connectivity index (χ1v) is 7.72. The van der Waals surface area contributed by atoms with Gasteiger partial charge in [0, 0.05) is 18.6 Å². The van der Waals surface area contributed by atoms with Gasteiger partial charge in [0.25, 0.3) is 0 Å². The summed E-state index contributed by atoms with van der Waals surface area (Å²) < 4.78 is 29.4. The molecule has 0 radical (unpaired) electrons. The summed E-state index contributed by atoms with van der Waals surface area (Å²) in [5, 5.41) is 0. The minimum atomic E-state index is -0.899. The molecule has 3 heterocycles. The van der Waals surface area contributed by atoms with E-state index in [0.717, 1.165) is 11.8 Å². The van der Waals surface area contributed by atoms with Crippen LogP contribution in [0.1, 0.15) is 0 Å². The fourth-order valence-electron chi connectivity index (χ4n) is 2.13. The summed E-state index contributed by atoms with van der Waals surface area (Å²) in [5.74, 6) is -1.79. The molecule has 0 atom stereocenters. The second kappa shape index (κ2) is 9.80. The molecule has 27 heavy (non-hydrogen) atoms. The Labute approximate surface area is 169 Å². The van der Waals surface area contributed by atoms with Crippen LogP contribution in [0, 0.1) is 30.4 Å². The van der Waals surface area contributed by atoms with Crippen LogP contribution in [-0.2, 0) is 27.2 Å². The molecule has 0 aliphatic heterocycles. The number of para-hydroxylation sites is 1. The van der Waals surface area contributed by atoms with Crippen LogP contribution in [0.5, 0.6) is 0 Å². The molecule has 0 saturated heterocycles. The van der Waals surface area contributed by atoms with Gasteiger partial charge >= 0.3 is 20.1 Å². The van der Waals surface area contributed by atoms with E-state index in [1.807, 2.05) is 52.8 Å². The molecule has 0 N–H and O–H groups in total. The Morgan fingerprint density at radius 2 is 1.89 bits per heavy atom. The topological polar surface area (TPSA) is 34.6 Å². The molecule has 0 unspecified atom stereocenters. The molecule has 4 nitrogen and oxygen atoms in total. The molecular weight excluding hydrogens is 526 g/mol. The molecule has 0 fully saturated rings. The molecule has 136 valence electrons. The van der Waals surface area contributed by atoms with Crippen molar-refractivity contribution in [2.24, 2.45) is 7.05 Å². The van der Waals surface area contributed by atoms with E-state index in [9.17, 15) is 8.78 Å². The van der Waals surface area contributed by atoms with Gasteiger partial charge in [0.2, 0.25) is 6.33 Å². The molecule has 0 aliphatic rings. The maximum absolute atomic E-state index is 13.1. The molecule has 0 bridgehead atoms. The van der Waals surface area contributed by atoms with E-state index in [1.54, 1.807) is 18.2 Å². The quantitative estimate of drug-likeness (QED) is 0.223. The number of halogens is 2. The Balaban J connectivity index is 0.000000189. The number of imidazole rings is 1. The second-order valence-corrected chi connectivity index (χ2v) is 5.23. The van der Waals surface area contributed by atoms with Gasteiger partial charge in [-0.3, -0.25) is 4.98 Å². The Kier molecular flexibility index (Phi) is 7.46. The molecule has 0 saturated carbocycles. The Morgan fingerprint density at radius 1 is 1.07 bits per heavy atom. The van der Waals surface area contributed by atoms with Crippen LogP contribution in [0.4, 0.5) is 8.78 Å². The SMILES string of the molecule is C[n+]1[c-]n(-c2[c-]cccc2)cc1.Fc1c[c-]c(-c2ccccn2)c(F)n1.[Ir+3]. The molecule has 0 aliphatic carbocycles. The second-order valence-electron chi connectivity index (χ2n) is 5.23. The predicted octanol–water partition coefficient (Wildman–Crippen LogP) is 3.12. The van der Waals surface area contributed by atoms with E-state index < -0.39 is 11.9 Å². The third kappa shape index (κ3) is 5.61. The molecule has 4 rings (SSSR count). The number of aromatic nitrogens is 4. The third-order valence-electron chi connectivity index (χ3n) is 3.32. The average molecular weight is 541 g/mol. The molecule has 0 amide bonds. The predicted molar refractivity (Wildman–Crippen MR) is 90.8 cm³/mol. The van der Waals surface area contributed by atoms with Crippen molar-refractivity contribution in [1.29, 1.82) is 0 Å². The van der Waals surface area contributed by atoms with E-state index in [0.29, 0.717) is 5.69 Å². The number of hydrogen-bond donors (Lipinski definition) is 0. The summed E-state index contributed by atoms with van der Waals surface area (Å²) in [6.45, 7) is 0. The maximum Gasteiger partial charge on any atom is 3.00 e. The first kappa shape index (κ1) is 20.6. The smallest absolute Gasteiger partial charge is 0.348 e. The van der Waals surface area contributed by atoms with Gasteiger partial charge in [0.15, 0.2) is 0 Å². The maximum atomic E-state index is 13.1. The van der Waals surface area contributed by atoms with Crippen molar-refractivity contribution >= 4 is 0 Å². The Morgan fingerprint density at radius 3 is 2.48 bits per heavy atom. The van der Waals surface area contributed by atoms with Gasteiger partial charge in [0.05, 0.1) is 7.05 Å². The summed E-state index contributed by atoms with van der Waals surface area (Å²) in [4.78, 5) is 6.95. The van der Waals surface area contributed by atoms with Crippen LogP contribution >= 0.6 is 0 Å². The van der Waals surface area contributed by atoms with Crippen LogP contribution in [0.15, 0.2) is 67.1 Å². The molecule has 7 heteroatoms. The van der Waals surface area contributed by atoms with E-state index in [2.05, 4.69) is 28.4 Å². The number of pyridine rings is 2. The zero-order valence-electron chi connectivity index (χ0n) is 14.2. The minimum Gasteiger partial charge on any atom is -0.348 e. The largest absolute Gasteiger partial charge is 3.00 e. The molecule has 1 aromatic carbocycles. The van der Waals surface area contributed by atoms with Crippen molar-refractivity contribution < 1.29 is 33.5 Å². The van der Waals surface area contributed by atoms with Crippen molar-refractivity contribution in [3.8, 4) is 16.9 Å². The third-order valence-corrected chi connectivity index (χ3v) is 3.32. The van der Waals surface area contributed by atoms with Gasteiger partial charge in [-0.25, -0.2) is 8.78 Å². The van der Waals surface area contributed by atoms with Crippen molar-refractivity contribution in [3.05, 3.63) is 97.5 Å². The minimum absolute atomic E-state index is 0. The Bertz CT molecular complexity index is 976. The molecule has 3 aromatic heterocycles. The molecular formula is C20H14F2IrN4+. The van der Waals surface area contributed by atoms with Crippen LogP contribution in [0.2, 0.25) is 0 Å². The van der Waals surface area contributed by atoms with Gasteiger partial charge < -0.3 is 14.1 Å². The van der Waals surface area contributed by atoms with Gasteiger partial charge in [-0.1, -0.05) is 29.4 Å². The van der Waals surface area contributed by atoms with Crippen molar-refractivity contribution in [1.82, 2.24) is 14.5 Å². The van der Waals surface area contributed by atoms with Crippen molar-refractivity contribution in [3.63, 3.8) is 0 Å². The van der Waals surface area contributed by atoms with E-state index in [-0.39, 0.29) is 25.7 Å². The van der Waals surface area contributed by atoms with Crippen LogP contribution < -0.4 is 4.57 Å². The summed E-state index contributed by atoms with van der Waals surface area (Å²) in [7, 11) is 1.94. The zero-order chi connectivity index (χ0) is 18.4. The summed E-state index contributed by atoms with van der Waals surface area (Å²) in [6.07, 6.45) is 8.51. The monoisotopic (exact) mass is 541 g/mol. The van der Waals surface area contributed by atoms with Gasteiger partial charge in [0.1, 0.15) is 11.9 Å². The number of benzene rings is 1. The van der Waals surface area contributed by atoms with E-state index >= 15 is 0 Å². The van der Waals surface area contributed by atoms with Crippen LogP contribution in [-0.4, -0.2) is 14.5 Å². The fourth-order valence-corrected chi connectivity index (χ4v) is 2.13. The summed E-state index contributed by atoms with van der Waals surface area (Å²) in [6, 6.07) is 19.4. The normalized spacial score (nSPS) is 9.74. The zero-order valence-corrected chi connectivity index (χ0v) is 16.6. The van der Waals surface area contributed by atoms with E-state index in [4.69, 9.17) is 0 Å². The fraction of sp³-hybridized carbons (Fsp3) is 0.0500. The first-order valence-electron chi connectivity index (χ1n) is 7.72. The first-order chi connectivity index (χ1) is 12.6. The van der Waals surface area contributed by atoms with Crippen LogP contribution in [0.3, 0.4) is 0 Å². The van der Waals surface area contributed by atoms with Crippen LogP contribution in [0.25, 0.3) is 16.9 Å². The standard InChI is InChI=1S/C10H5F2N2.C10H9N2.Ir/c11-9-5-4-7(10(12)14-9)8-3-1-2-6-13-8;1-11-7-8-12(9-11)10-5-3-2-4-6-10;/h1-3,5-6H;2-5,7-8H,1H3;/q2*-1;+3. The number of hydrogen-bond acceptors (Lipinski definition) is 2. The number of nitrogens with zero attached hydrogens (tertiary/aromatic N) is 4. The van der Waals surface area contributed by atoms with Crippen molar-refractivity contribution in [2.75, 3.05) is 0 Å². The number of rotatable bonds is 2. The van der Waals surface area contributed by atoms with Crippen molar-refractivity contribution in [2.45, 2.75) is 0 Å². The molecule has 0 spiro atoms. The molecule has 4 aromatic rings. The van der Waals surface area contributed by atoms with E-state index in [1.165, 1.54) is 6.20 Å². The van der Waals surface area contributed by atoms with Gasteiger partial charge in [-0.2, -0.15) is 30.3 Å². The summed E-state index contributed by atoms with van der Waals surface area (Å²) in [5.41, 5.74) is 1.47. The van der Waals surface area contributed by atoms with Gasteiger partial charge in [-0.15, -0.1) is 6.07 Å². The van der Waals surface area contributed by atoms with Gasteiger partial charge in [-0.05, 0) is 11.8 Å². The summed E-state index contributed by atoms with van der Waals surface area (Å²) >= 11 is 0. The Hall–Kier alpha value is -2.76. The average Bonchev–Trinajstić information content (AvgIpc) is 3.10.